The minimum absolute atomic E-state index is 0.0338. The van der Waals surface area contributed by atoms with Gasteiger partial charge in [-0.05, 0) is 24.1 Å². The summed E-state index contributed by atoms with van der Waals surface area (Å²) in [6.45, 7) is 1.98. The minimum Gasteiger partial charge on any atom is -0.506 e. The Balaban J connectivity index is 3.21. The second kappa shape index (κ2) is 4.00. The Labute approximate surface area is 82.0 Å². The molecule has 76 valence electrons. The minimum atomic E-state index is -1.12. The molecule has 1 aromatic rings. The third kappa shape index (κ3) is 1.96. The van der Waals surface area contributed by atoms with Gasteiger partial charge in [0, 0.05) is 0 Å². The van der Waals surface area contributed by atoms with Crippen LogP contribution in [0.5, 0.6) is 5.75 Å². The molecule has 0 saturated carbocycles. The summed E-state index contributed by atoms with van der Waals surface area (Å²) in [4.78, 5) is 10.7. The average molecular weight is 195 g/mol. The molecule has 0 aromatic heterocycles. The summed E-state index contributed by atoms with van der Waals surface area (Å²) >= 11 is 0. The molecule has 4 N–H and O–H groups in total. The van der Waals surface area contributed by atoms with Gasteiger partial charge in [-0.25, -0.2) is 4.79 Å². The highest BCUT2D eigenvalue weighted by atomic mass is 16.4. The highest BCUT2D eigenvalue weighted by molar-refractivity contribution is 5.95. The molecule has 0 aliphatic rings. The zero-order chi connectivity index (χ0) is 10.7. The molecule has 0 atom stereocenters. The number of nitrogen functional groups attached to an aromatic ring is 1. The number of benzene rings is 1. The molecule has 0 bridgehead atoms. The molecule has 0 fully saturated rings. The zero-order valence-electron chi connectivity index (χ0n) is 7.95. The van der Waals surface area contributed by atoms with Crippen molar-refractivity contribution in [2.24, 2.45) is 0 Å². The Hall–Kier alpha value is -1.71. The number of aromatic carboxylic acids is 1. The standard InChI is InChI=1S/C10H13NO3/c1-2-3-6-4-7(10(13)14)9(11)8(12)5-6/h4-5,12H,2-3,11H2,1H3,(H,13,14). The van der Waals surface area contributed by atoms with Gasteiger partial charge in [0.15, 0.2) is 0 Å². The summed E-state index contributed by atoms with van der Waals surface area (Å²) in [5.41, 5.74) is 6.10. The Morgan fingerprint density at radius 1 is 1.50 bits per heavy atom. The van der Waals surface area contributed by atoms with Crippen LogP contribution >= 0.6 is 0 Å². The van der Waals surface area contributed by atoms with E-state index in [-0.39, 0.29) is 17.0 Å². The van der Waals surface area contributed by atoms with Crippen molar-refractivity contribution in [2.75, 3.05) is 5.73 Å². The maximum absolute atomic E-state index is 10.7. The van der Waals surface area contributed by atoms with Crippen molar-refractivity contribution in [2.45, 2.75) is 19.8 Å². The molecule has 0 saturated heterocycles. The fourth-order valence-corrected chi connectivity index (χ4v) is 1.31. The number of carbonyl (C=O) groups is 1. The van der Waals surface area contributed by atoms with E-state index in [0.29, 0.717) is 0 Å². The second-order valence-electron chi connectivity index (χ2n) is 3.13. The topological polar surface area (TPSA) is 83.5 Å². The first kappa shape index (κ1) is 10.4. The zero-order valence-corrected chi connectivity index (χ0v) is 7.95. The summed E-state index contributed by atoms with van der Waals surface area (Å²) in [6.07, 6.45) is 1.62. The number of carboxylic acid groups (broad SMARTS) is 1. The summed E-state index contributed by atoms with van der Waals surface area (Å²) in [5, 5.41) is 18.2. The lowest BCUT2D eigenvalue weighted by molar-refractivity contribution is 0.0697. The maximum atomic E-state index is 10.7. The normalized spacial score (nSPS) is 10.1. The SMILES string of the molecule is CCCc1cc(O)c(N)c(C(=O)O)c1. The van der Waals surface area contributed by atoms with E-state index >= 15 is 0 Å². The van der Waals surface area contributed by atoms with Crippen LogP contribution in [0.1, 0.15) is 29.3 Å². The molecule has 4 heteroatoms. The van der Waals surface area contributed by atoms with Gasteiger partial charge in [-0.2, -0.15) is 0 Å². The van der Waals surface area contributed by atoms with Crippen molar-refractivity contribution in [3.05, 3.63) is 23.3 Å². The predicted molar refractivity (Wildman–Crippen MR) is 53.5 cm³/mol. The molecule has 0 radical (unpaired) electrons. The lowest BCUT2D eigenvalue weighted by Gasteiger charge is -2.06. The number of phenolic OH excluding ortho intramolecular Hbond substituents is 1. The molecule has 0 aliphatic heterocycles. The van der Waals surface area contributed by atoms with Gasteiger partial charge in [0.05, 0.1) is 11.3 Å². The molecular weight excluding hydrogens is 182 g/mol. The Morgan fingerprint density at radius 3 is 2.64 bits per heavy atom. The monoisotopic (exact) mass is 195 g/mol. The average Bonchev–Trinajstić information content (AvgIpc) is 2.11. The lowest BCUT2D eigenvalue weighted by Crippen LogP contribution is -2.03. The van der Waals surface area contributed by atoms with Crippen LogP contribution in [0.3, 0.4) is 0 Å². The van der Waals surface area contributed by atoms with Crippen LogP contribution in [0, 0.1) is 0 Å². The first-order chi connectivity index (χ1) is 6.56. The third-order valence-corrected chi connectivity index (χ3v) is 1.99. The van der Waals surface area contributed by atoms with Gasteiger partial charge in [0.1, 0.15) is 5.75 Å². The van der Waals surface area contributed by atoms with Gasteiger partial charge in [-0.1, -0.05) is 13.3 Å². The molecule has 14 heavy (non-hydrogen) atoms. The van der Waals surface area contributed by atoms with E-state index in [1.165, 1.54) is 12.1 Å². The maximum Gasteiger partial charge on any atom is 0.337 e. The Kier molecular flexibility index (Phi) is 2.96. The van der Waals surface area contributed by atoms with Crippen molar-refractivity contribution >= 4 is 11.7 Å². The van der Waals surface area contributed by atoms with Crippen molar-refractivity contribution in [3.63, 3.8) is 0 Å². The van der Waals surface area contributed by atoms with Gasteiger partial charge in [-0.15, -0.1) is 0 Å². The predicted octanol–water partition coefficient (Wildman–Crippen LogP) is 1.63. The molecule has 0 spiro atoms. The molecule has 0 amide bonds. The second-order valence-corrected chi connectivity index (χ2v) is 3.13. The number of rotatable bonds is 3. The van der Waals surface area contributed by atoms with E-state index < -0.39 is 5.97 Å². The van der Waals surface area contributed by atoms with Crippen molar-refractivity contribution < 1.29 is 15.0 Å². The highest BCUT2D eigenvalue weighted by Gasteiger charge is 2.12. The first-order valence-corrected chi connectivity index (χ1v) is 4.41. The number of carboxylic acids is 1. The highest BCUT2D eigenvalue weighted by Crippen LogP contribution is 2.26. The fourth-order valence-electron chi connectivity index (χ4n) is 1.31. The number of phenols is 1. The molecule has 1 rings (SSSR count). The summed E-state index contributed by atoms with van der Waals surface area (Å²) in [5.74, 6) is -1.27. The van der Waals surface area contributed by atoms with E-state index in [4.69, 9.17) is 10.8 Å². The van der Waals surface area contributed by atoms with Crippen LogP contribution < -0.4 is 5.73 Å². The van der Waals surface area contributed by atoms with Gasteiger partial charge < -0.3 is 15.9 Å². The molecule has 0 aliphatic carbocycles. The van der Waals surface area contributed by atoms with Gasteiger partial charge in [0.25, 0.3) is 0 Å². The van der Waals surface area contributed by atoms with E-state index in [9.17, 15) is 9.90 Å². The molecule has 4 nitrogen and oxygen atoms in total. The van der Waals surface area contributed by atoms with E-state index in [0.717, 1.165) is 18.4 Å². The van der Waals surface area contributed by atoms with Gasteiger partial charge >= 0.3 is 5.97 Å². The summed E-state index contributed by atoms with van der Waals surface area (Å²) in [7, 11) is 0. The quantitative estimate of drug-likeness (QED) is 0.505. The molecular formula is C10H13NO3. The Morgan fingerprint density at radius 2 is 2.14 bits per heavy atom. The van der Waals surface area contributed by atoms with Crippen LogP contribution in [0.4, 0.5) is 5.69 Å². The van der Waals surface area contributed by atoms with Crippen molar-refractivity contribution in [1.29, 1.82) is 0 Å². The van der Waals surface area contributed by atoms with Crippen LogP contribution in [0.2, 0.25) is 0 Å². The van der Waals surface area contributed by atoms with E-state index in [2.05, 4.69) is 0 Å². The van der Waals surface area contributed by atoms with Crippen LogP contribution in [0.15, 0.2) is 12.1 Å². The van der Waals surface area contributed by atoms with E-state index in [1.807, 2.05) is 6.92 Å². The van der Waals surface area contributed by atoms with Crippen molar-refractivity contribution in [3.8, 4) is 5.75 Å². The first-order valence-electron chi connectivity index (χ1n) is 4.41. The number of hydrogen-bond acceptors (Lipinski definition) is 3. The number of aryl methyl sites for hydroxylation is 1. The molecule has 1 aromatic carbocycles. The van der Waals surface area contributed by atoms with Crippen LogP contribution in [-0.2, 0) is 6.42 Å². The smallest absolute Gasteiger partial charge is 0.337 e. The van der Waals surface area contributed by atoms with E-state index in [1.54, 1.807) is 0 Å². The van der Waals surface area contributed by atoms with Crippen LogP contribution in [0.25, 0.3) is 0 Å². The summed E-state index contributed by atoms with van der Waals surface area (Å²) < 4.78 is 0. The van der Waals surface area contributed by atoms with Crippen molar-refractivity contribution in [1.82, 2.24) is 0 Å². The third-order valence-electron chi connectivity index (χ3n) is 1.99. The van der Waals surface area contributed by atoms with Gasteiger partial charge in [0.2, 0.25) is 0 Å². The summed E-state index contributed by atoms with van der Waals surface area (Å²) in [6, 6.07) is 3.01. The van der Waals surface area contributed by atoms with Gasteiger partial charge in [-0.3, -0.25) is 0 Å². The lowest BCUT2D eigenvalue weighted by atomic mass is 10.0. The number of hydrogen-bond donors (Lipinski definition) is 3. The number of anilines is 1. The largest absolute Gasteiger partial charge is 0.506 e. The molecule has 0 unspecified atom stereocenters. The number of aromatic hydroxyl groups is 1. The molecule has 0 heterocycles. The van der Waals surface area contributed by atoms with Crippen LogP contribution in [-0.4, -0.2) is 16.2 Å². The fraction of sp³-hybridized carbons (Fsp3) is 0.300. The Bertz CT molecular complexity index is 361. The number of nitrogens with two attached hydrogens (primary N) is 1.